The SMILES string of the molecule is O=C(O)c1cccc([Se][Se]c2cccc(C(=O)O)c2[N+](=O)[O-])c1[N+](=O)[O-]. The normalized spacial score (nSPS) is 10.3. The van der Waals surface area contributed by atoms with Gasteiger partial charge >= 0.3 is 156 Å². The van der Waals surface area contributed by atoms with Crippen LogP contribution in [0, 0.1) is 20.2 Å². The van der Waals surface area contributed by atoms with Crippen molar-refractivity contribution in [1.29, 1.82) is 0 Å². The summed E-state index contributed by atoms with van der Waals surface area (Å²) in [5.41, 5.74) is -2.00. The summed E-state index contributed by atoms with van der Waals surface area (Å²) in [7, 11) is 0. The van der Waals surface area contributed by atoms with Crippen molar-refractivity contribution < 1.29 is 29.6 Å². The molecule has 0 aliphatic rings. The van der Waals surface area contributed by atoms with Crippen molar-refractivity contribution in [2.45, 2.75) is 0 Å². The van der Waals surface area contributed by atoms with Crippen molar-refractivity contribution in [3.05, 3.63) is 67.8 Å². The first-order valence-corrected chi connectivity index (χ1v) is 12.6. The molecule has 0 saturated heterocycles. The average Bonchev–Trinajstić information content (AvgIpc) is 2.58. The molecule has 0 unspecified atom stereocenters. The van der Waals surface area contributed by atoms with Gasteiger partial charge in [-0.2, -0.15) is 0 Å². The van der Waals surface area contributed by atoms with E-state index in [1.807, 2.05) is 0 Å². The molecule has 2 rings (SSSR count). The van der Waals surface area contributed by atoms with Gasteiger partial charge in [0.15, 0.2) is 0 Å². The van der Waals surface area contributed by atoms with Gasteiger partial charge in [0.1, 0.15) is 0 Å². The van der Waals surface area contributed by atoms with E-state index in [9.17, 15) is 29.8 Å². The van der Waals surface area contributed by atoms with Gasteiger partial charge in [-0.25, -0.2) is 0 Å². The topological polar surface area (TPSA) is 161 Å². The van der Waals surface area contributed by atoms with Crippen LogP contribution in [0.25, 0.3) is 0 Å². The molecule has 0 spiro atoms. The van der Waals surface area contributed by atoms with E-state index in [0.29, 0.717) is 0 Å². The van der Waals surface area contributed by atoms with Crippen LogP contribution in [0.1, 0.15) is 20.7 Å². The Balaban J connectivity index is 2.45. The van der Waals surface area contributed by atoms with Crippen molar-refractivity contribution in [3.63, 3.8) is 0 Å². The fraction of sp³-hybridized carbons (Fsp3) is 0. The summed E-state index contributed by atoms with van der Waals surface area (Å²) in [6, 6.07) is 7.76. The number of rotatable bonds is 7. The molecule has 12 heteroatoms. The Morgan fingerprint density at radius 1 is 0.769 bits per heavy atom. The Hall–Kier alpha value is -2.78. The number of carbonyl (C=O) groups is 2. The maximum atomic E-state index is 11.3. The maximum absolute atomic E-state index is 11.3. The molecule has 2 aromatic rings. The van der Waals surface area contributed by atoms with Crippen LogP contribution in [-0.4, -0.2) is 58.3 Å². The minimum atomic E-state index is -1.44. The molecule has 0 aliphatic heterocycles. The van der Waals surface area contributed by atoms with Crippen LogP contribution in [0.3, 0.4) is 0 Å². The zero-order valence-corrected chi connectivity index (χ0v) is 15.9. The summed E-state index contributed by atoms with van der Waals surface area (Å²) in [6.07, 6.45) is 0. The fourth-order valence-electron chi connectivity index (χ4n) is 1.99. The molecule has 2 N–H and O–H groups in total. The quantitative estimate of drug-likeness (QED) is 0.316. The molecule has 0 atom stereocenters. The molecule has 0 heterocycles. The van der Waals surface area contributed by atoms with E-state index in [1.54, 1.807) is 0 Å². The van der Waals surface area contributed by atoms with E-state index >= 15 is 0 Å². The van der Waals surface area contributed by atoms with Gasteiger partial charge in [-0.15, -0.1) is 0 Å². The summed E-state index contributed by atoms with van der Waals surface area (Å²) in [5, 5.41) is 40.7. The number of benzene rings is 2. The van der Waals surface area contributed by atoms with Crippen molar-refractivity contribution in [2.75, 3.05) is 0 Å². The number of aromatic carboxylic acids is 2. The van der Waals surface area contributed by atoms with E-state index in [0.717, 1.165) is 12.1 Å². The first-order valence-electron chi connectivity index (χ1n) is 6.60. The monoisotopic (exact) mass is 492 g/mol. The molecule has 10 nitrogen and oxygen atoms in total. The zero-order valence-electron chi connectivity index (χ0n) is 12.5. The van der Waals surface area contributed by atoms with Gasteiger partial charge in [-0.1, -0.05) is 0 Å². The van der Waals surface area contributed by atoms with Gasteiger partial charge in [-0.05, 0) is 0 Å². The number of nitro groups is 2. The number of hydrogen-bond acceptors (Lipinski definition) is 6. The second kappa shape index (κ2) is 8.07. The van der Waals surface area contributed by atoms with Crippen LogP contribution in [0.15, 0.2) is 36.4 Å². The summed E-state index contributed by atoms with van der Waals surface area (Å²) < 4.78 is 0.356. The van der Waals surface area contributed by atoms with Gasteiger partial charge in [-0.3, -0.25) is 0 Å². The third kappa shape index (κ3) is 4.06. The number of carboxylic acids is 2. The Bertz CT molecular complexity index is 856. The van der Waals surface area contributed by atoms with Crippen LogP contribution in [0.2, 0.25) is 0 Å². The van der Waals surface area contributed by atoms with Crippen LogP contribution >= 0.6 is 0 Å². The van der Waals surface area contributed by atoms with Gasteiger partial charge in [0.2, 0.25) is 0 Å². The van der Waals surface area contributed by atoms with Crippen molar-refractivity contribution in [2.24, 2.45) is 0 Å². The van der Waals surface area contributed by atoms with Gasteiger partial charge in [0.25, 0.3) is 0 Å². The predicted molar refractivity (Wildman–Crippen MR) is 90.9 cm³/mol. The molecule has 0 aliphatic carbocycles. The first-order chi connectivity index (χ1) is 12.2. The molecule has 0 aromatic heterocycles. The number of hydrogen-bond donors (Lipinski definition) is 2. The minimum absolute atomic E-state index is 0.178. The second-order valence-electron chi connectivity index (χ2n) is 4.60. The zero-order chi connectivity index (χ0) is 19.4. The molecular formula is C14H8N2O8Se2. The molecule has 134 valence electrons. The predicted octanol–water partition coefficient (Wildman–Crippen LogP) is 0.174. The van der Waals surface area contributed by atoms with E-state index < -0.39 is 70.5 Å². The number of nitrogens with zero attached hydrogens (tertiary/aromatic N) is 2. The average molecular weight is 490 g/mol. The molecule has 0 fully saturated rings. The Morgan fingerprint density at radius 2 is 1.12 bits per heavy atom. The third-order valence-corrected chi connectivity index (χ3v) is 10.2. The number of carboxylic acid groups (broad SMARTS) is 2. The molecule has 0 bridgehead atoms. The molecular weight excluding hydrogens is 482 g/mol. The fourth-order valence-corrected chi connectivity index (χ4v) is 8.93. The summed E-state index contributed by atoms with van der Waals surface area (Å²) >= 11 is -1.33. The van der Waals surface area contributed by atoms with E-state index in [4.69, 9.17) is 10.2 Å². The first kappa shape index (κ1) is 19.5. The third-order valence-electron chi connectivity index (χ3n) is 3.05. The van der Waals surface area contributed by atoms with Crippen LogP contribution in [0.4, 0.5) is 11.4 Å². The Labute approximate surface area is 156 Å². The Morgan fingerprint density at radius 3 is 1.38 bits per heavy atom. The summed E-state index contributed by atoms with van der Waals surface area (Å²) in [5.74, 6) is -2.89. The second-order valence-corrected chi connectivity index (χ2v) is 10.8. The number of para-hydroxylation sites is 2. The van der Waals surface area contributed by atoms with Crippen LogP contribution in [0.5, 0.6) is 0 Å². The summed E-state index contributed by atoms with van der Waals surface area (Å²) in [6.45, 7) is 0. The van der Waals surface area contributed by atoms with E-state index in [1.165, 1.54) is 24.3 Å². The van der Waals surface area contributed by atoms with E-state index in [-0.39, 0.29) is 8.92 Å². The van der Waals surface area contributed by atoms with Gasteiger partial charge in [0, 0.05) is 0 Å². The number of nitro benzene ring substituents is 2. The van der Waals surface area contributed by atoms with Crippen molar-refractivity contribution in [1.82, 2.24) is 0 Å². The van der Waals surface area contributed by atoms with Crippen molar-refractivity contribution >= 4 is 58.5 Å². The van der Waals surface area contributed by atoms with Crippen molar-refractivity contribution in [3.8, 4) is 0 Å². The molecule has 0 radical (unpaired) electrons. The molecule has 0 saturated carbocycles. The molecule has 26 heavy (non-hydrogen) atoms. The van der Waals surface area contributed by atoms with E-state index in [2.05, 4.69) is 0 Å². The summed E-state index contributed by atoms with van der Waals surface area (Å²) in [4.78, 5) is 43.3. The van der Waals surface area contributed by atoms with Gasteiger partial charge < -0.3 is 0 Å². The van der Waals surface area contributed by atoms with Crippen LogP contribution in [-0.2, 0) is 0 Å². The van der Waals surface area contributed by atoms with Gasteiger partial charge in [0.05, 0.1) is 0 Å². The van der Waals surface area contributed by atoms with Crippen LogP contribution < -0.4 is 8.92 Å². The molecule has 0 amide bonds. The standard InChI is InChI=1S/C14H8N2O8Se2/c17-13(18)7-3-1-5-9(11(7)15(21)22)25-26-10-6-2-4-8(14(19)20)12(10)16(23)24/h1-6H,(H,17,18)(H,19,20). The molecule has 2 aromatic carbocycles. The Kier molecular flexibility index (Phi) is 6.06.